The third-order valence-corrected chi connectivity index (χ3v) is 5.63. The number of rotatable bonds is 4. The third kappa shape index (κ3) is 3.39. The van der Waals surface area contributed by atoms with Crippen LogP contribution in [0.1, 0.15) is 75.3 Å². The van der Waals surface area contributed by atoms with E-state index in [1.54, 1.807) is 0 Å². The number of fused-ring (bicyclic) bond motifs is 1. The summed E-state index contributed by atoms with van der Waals surface area (Å²) in [7, 11) is 0. The highest BCUT2D eigenvalue weighted by atomic mass is 16.1. The second kappa shape index (κ2) is 6.77. The molecule has 0 heterocycles. The van der Waals surface area contributed by atoms with Crippen molar-refractivity contribution in [2.75, 3.05) is 0 Å². The van der Waals surface area contributed by atoms with Gasteiger partial charge in [-0.15, -0.1) is 0 Å². The number of benzene rings is 1. The fourth-order valence-electron chi connectivity index (χ4n) is 4.54. The van der Waals surface area contributed by atoms with Gasteiger partial charge in [-0.2, -0.15) is 0 Å². The molecule has 3 atom stereocenters. The van der Waals surface area contributed by atoms with E-state index in [0.717, 1.165) is 31.6 Å². The van der Waals surface area contributed by atoms with E-state index in [9.17, 15) is 4.79 Å². The number of ketones is 1. The van der Waals surface area contributed by atoms with Crippen molar-refractivity contribution in [3.05, 3.63) is 35.4 Å². The van der Waals surface area contributed by atoms with E-state index in [1.165, 1.54) is 43.2 Å². The average molecular weight is 284 g/mol. The van der Waals surface area contributed by atoms with Crippen LogP contribution in [-0.4, -0.2) is 5.78 Å². The van der Waals surface area contributed by atoms with E-state index in [0.29, 0.717) is 17.6 Å². The maximum atomic E-state index is 12.3. The molecule has 0 bridgehead atoms. The van der Waals surface area contributed by atoms with E-state index in [1.807, 2.05) is 0 Å². The van der Waals surface area contributed by atoms with Crippen LogP contribution in [0, 0.1) is 11.8 Å². The van der Waals surface area contributed by atoms with Crippen LogP contribution in [0.2, 0.25) is 0 Å². The summed E-state index contributed by atoms with van der Waals surface area (Å²) < 4.78 is 0. The Labute approximate surface area is 129 Å². The lowest BCUT2D eigenvalue weighted by atomic mass is 9.71. The zero-order chi connectivity index (χ0) is 14.7. The Bertz CT molecular complexity index is 490. The molecule has 21 heavy (non-hydrogen) atoms. The summed E-state index contributed by atoms with van der Waals surface area (Å²) in [6, 6.07) is 8.91. The number of carbonyl (C=O) groups excluding carboxylic acids is 1. The van der Waals surface area contributed by atoms with Crippen molar-refractivity contribution in [2.24, 2.45) is 11.8 Å². The minimum absolute atomic E-state index is 0.339. The number of hydrogen-bond acceptors (Lipinski definition) is 1. The molecule has 0 N–H and O–H groups in total. The number of hydrogen-bond donors (Lipinski definition) is 0. The largest absolute Gasteiger partial charge is 0.299 e. The van der Waals surface area contributed by atoms with Crippen molar-refractivity contribution in [1.82, 2.24) is 0 Å². The molecule has 0 aliphatic heterocycles. The van der Waals surface area contributed by atoms with Crippen molar-refractivity contribution < 1.29 is 4.79 Å². The van der Waals surface area contributed by atoms with E-state index in [4.69, 9.17) is 0 Å². The lowest BCUT2D eigenvalue weighted by Gasteiger charge is -2.33. The fraction of sp³-hybridized carbons (Fsp3) is 0.650. The summed E-state index contributed by atoms with van der Waals surface area (Å²) in [6.45, 7) is 2.27. The lowest BCUT2D eigenvalue weighted by molar-refractivity contribution is -0.126. The molecular weight excluding hydrogens is 256 g/mol. The summed E-state index contributed by atoms with van der Waals surface area (Å²) in [5, 5.41) is 0. The Morgan fingerprint density at radius 3 is 2.81 bits per heavy atom. The predicted molar refractivity (Wildman–Crippen MR) is 87.5 cm³/mol. The molecule has 1 nitrogen and oxygen atoms in total. The van der Waals surface area contributed by atoms with Crippen molar-refractivity contribution in [1.29, 1.82) is 0 Å². The molecule has 2 aliphatic rings. The molecule has 1 saturated carbocycles. The Balaban J connectivity index is 1.70. The van der Waals surface area contributed by atoms with Gasteiger partial charge in [0.05, 0.1) is 0 Å². The highest BCUT2D eigenvalue weighted by Gasteiger charge is 2.31. The van der Waals surface area contributed by atoms with Gasteiger partial charge in [-0.05, 0) is 61.5 Å². The van der Waals surface area contributed by atoms with Gasteiger partial charge < -0.3 is 0 Å². The minimum atomic E-state index is 0.339. The van der Waals surface area contributed by atoms with Gasteiger partial charge in [0.15, 0.2) is 0 Å². The molecule has 3 unspecified atom stereocenters. The first kappa shape index (κ1) is 14.8. The average Bonchev–Trinajstić information content (AvgIpc) is 2.51. The first-order valence-corrected chi connectivity index (χ1v) is 8.88. The summed E-state index contributed by atoms with van der Waals surface area (Å²) in [5.41, 5.74) is 3.07. The van der Waals surface area contributed by atoms with Gasteiger partial charge in [-0.1, -0.05) is 44.0 Å². The standard InChI is InChI=1S/C20H28O/c1-2-6-15-11-12-20(21)18(13-15)14-17-9-5-8-16-7-3-4-10-19(16)17/h3-4,7,10,15,17-18H,2,5-6,8-9,11-14H2,1H3. The normalized spacial score (nSPS) is 29.2. The smallest absolute Gasteiger partial charge is 0.136 e. The van der Waals surface area contributed by atoms with Gasteiger partial charge >= 0.3 is 0 Å². The molecule has 1 aromatic carbocycles. The second-order valence-electron chi connectivity index (χ2n) is 7.12. The topological polar surface area (TPSA) is 17.1 Å². The van der Waals surface area contributed by atoms with Crippen LogP contribution in [0.4, 0.5) is 0 Å². The molecule has 0 amide bonds. The van der Waals surface area contributed by atoms with Crippen LogP contribution in [0.5, 0.6) is 0 Å². The SMILES string of the molecule is CCCC1CCC(=O)C(CC2CCCc3ccccc32)C1. The third-order valence-electron chi connectivity index (χ3n) is 5.63. The zero-order valence-corrected chi connectivity index (χ0v) is 13.3. The van der Waals surface area contributed by atoms with Gasteiger partial charge in [-0.25, -0.2) is 0 Å². The van der Waals surface area contributed by atoms with Crippen LogP contribution in [-0.2, 0) is 11.2 Å². The molecular formula is C20H28O. The van der Waals surface area contributed by atoms with E-state index in [2.05, 4.69) is 31.2 Å². The van der Waals surface area contributed by atoms with Crippen LogP contribution in [0.3, 0.4) is 0 Å². The lowest BCUT2D eigenvalue weighted by Crippen LogP contribution is -2.27. The van der Waals surface area contributed by atoms with E-state index in [-0.39, 0.29) is 0 Å². The number of carbonyl (C=O) groups is 1. The van der Waals surface area contributed by atoms with Gasteiger partial charge in [0, 0.05) is 12.3 Å². The Hall–Kier alpha value is -1.11. The Kier molecular flexibility index (Phi) is 4.77. The maximum Gasteiger partial charge on any atom is 0.136 e. The van der Waals surface area contributed by atoms with Crippen LogP contribution < -0.4 is 0 Å². The molecule has 1 heteroatoms. The number of Topliss-reactive ketones (excluding diaryl/α,β-unsaturated/α-hetero) is 1. The zero-order valence-electron chi connectivity index (χ0n) is 13.3. The summed E-state index contributed by atoms with van der Waals surface area (Å²) >= 11 is 0. The first-order chi connectivity index (χ1) is 10.3. The molecule has 0 saturated heterocycles. The van der Waals surface area contributed by atoms with E-state index < -0.39 is 0 Å². The summed E-state index contributed by atoms with van der Waals surface area (Å²) in [4.78, 5) is 12.3. The fourth-order valence-corrected chi connectivity index (χ4v) is 4.54. The highest BCUT2D eigenvalue weighted by molar-refractivity contribution is 5.81. The predicted octanol–water partition coefficient (Wildman–Crippen LogP) is 5.28. The first-order valence-electron chi connectivity index (χ1n) is 8.88. The van der Waals surface area contributed by atoms with Gasteiger partial charge in [0.2, 0.25) is 0 Å². The molecule has 1 aromatic rings. The Morgan fingerprint density at radius 1 is 1.10 bits per heavy atom. The minimum Gasteiger partial charge on any atom is -0.299 e. The quantitative estimate of drug-likeness (QED) is 0.735. The molecule has 0 spiro atoms. The van der Waals surface area contributed by atoms with Crippen molar-refractivity contribution >= 4 is 5.78 Å². The molecule has 0 radical (unpaired) electrons. The maximum absolute atomic E-state index is 12.3. The monoisotopic (exact) mass is 284 g/mol. The summed E-state index contributed by atoms with van der Waals surface area (Å²) in [6.07, 6.45) is 10.6. The van der Waals surface area contributed by atoms with Gasteiger partial charge in [0.1, 0.15) is 5.78 Å². The van der Waals surface area contributed by atoms with Crippen molar-refractivity contribution in [2.45, 2.75) is 70.6 Å². The van der Waals surface area contributed by atoms with Crippen molar-refractivity contribution in [3.8, 4) is 0 Å². The van der Waals surface area contributed by atoms with Crippen LogP contribution >= 0.6 is 0 Å². The molecule has 1 fully saturated rings. The highest BCUT2D eigenvalue weighted by Crippen LogP contribution is 2.40. The molecule has 3 rings (SSSR count). The second-order valence-corrected chi connectivity index (χ2v) is 7.12. The van der Waals surface area contributed by atoms with Crippen LogP contribution in [0.25, 0.3) is 0 Å². The summed E-state index contributed by atoms with van der Waals surface area (Å²) in [5.74, 6) is 2.32. The van der Waals surface area contributed by atoms with Crippen molar-refractivity contribution in [3.63, 3.8) is 0 Å². The molecule has 0 aromatic heterocycles. The Morgan fingerprint density at radius 2 is 1.95 bits per heavy atom. The van der Waals surface area contributed by atoms with Gasteiger partial charge in [-0.3, -0.25) is 4.79 Å². The molecule has 114 valence electrons. The van der Waals surface area contributed by atoms with E-state index >= 15 is 0 Å². The number of aryl methyl sites for hydroxylation is 1. The van der Waals surface area contributed by atoms with Gasteiger partial charge in [0.25, 0.3) is 0 Å². The van der Waals surface area contributed by atoms with Crippen LogP contribution in [0.15, 0.2) is 24.3 Å². The molecule has 2 aliphatic carbocycles.